The smallest absolute Gasteiger partial charge is 0.326 e. The standard InChI is InChI=1S/C17H17ClFNO5S/c1-3-25-17(21)11-20(13-6-4-5-12(19)9-13)26(22,23)14-7-8-16(24-2)15(18)10-14/h4-10H,3,11H2,1-2H3. The quantitative estimate of drug-likeness (QED) is 0.666. The molecule has 2 aromatic rings. The van der Waals surface area contributed by atoms with Gasteiger partial charge in [0, 0.05) is 0 Å². The van der Waals surface area contributed by atoms with Gasteiger partial charge >= 0.3 is 5.97 Å². The van der Waals surface area contributed by atoms with Gasteiger partial charge in [-0.3, -0.25) is 9.10 Å². The maximum atomic E-state index is 13.6. The molecule has 0 spiro atoms. The van der Waals surface area contributed by atoms with E-state index in [1.54, 1.807) is 6.92 Å². The predicted molar refractivity (Wildman–Crippen MR) is 95.6 cm³/mol. The predicted octanol–water partition coefficient (Wildman–Crippen LogP) is 3.25. The molecule has 9 heteroatoms. The molecule has 0 atom stereocenters. The molecule has 0 radical (unpaired) electrons. The van der Waals surface area contributed by atoms with Crippen molar-refractivity contribution >= 4 is 33.3 Å². The fraction of sp³-hybridized carbons (Fsp3) is 0.235. The molecule has 0 saturated carbocycles. The molecule has 26 heavy (non-hydrogen) atoms. The number of benzene rings is 2. The summed E-state index contributed by atoms with van der Waals surface area (Å²) in [6.45, 7) is 1.08. The van der Waals surface area contributed by atoms with Crippen LogP contribution < -0.4 is 9.04 Å². The van der Waals surface area contributed by atoms with E-state index in [0.29, 0.717) is 5.75 Å². The highest BCUT2D eigenvalue weighted by molar-refractivity contribution is 7.92. The van der Waals surface area contributed by atoms with Crippen LogP contribution in [0, 0.1) is 5.82 Å². The van der Waals surface area contributed by atoms with Crippen LogP contribution in [0.1, 0.15) is 6.92 Å². The maximum Gasteiger partial charge on any atom is 0.326 e. The molecular formula is C17H17ClFNO5S. The van der Waals surface area contributed by atoms with Crippen LogP contribution in [0.15, 0.2) is 47.4 Å². The monoisotopic (exact) mass is 401 g/mol. The van der Waals surface area contributed by atoms with Crippen LogP contribution in [0.25, 0.3) is 0 Å². The lowest BCUT2D eigenvalue weighted by Gasteiger charge is -2.24. The average molecular weight is 402 g/mol. The average Bonchev–Trinajstić information content (AvgIpc) is 2.59. The molecule has 140 valence electrons. The molecule has 0 aliphatic rings. The zero-order chi connectivity index (χ0) is 19.3. The van der Waals surface area contributed by atoms with E-state index in [4.69, 9.17) is 21.1 Å². The number of carbonyl (C=O) groups excluding carboxylic acids is 1. The van der Waals surface area contributed by atoms with Crippen molar-refractivity contribution in [1.82, 2.24) is 0 Å². The van der Waals surface area contributed by atoms with E-state index in [1.807, 2.05) is 0 Å². The molecule has 0 unspecified atom stereocenters. The Morgan fingerprint density at radius 3 is 2.54 bits per heavy atom. The number of anilines is 1. The van der Waals surface area contributed by atoms with Gasteiger partial charge in [0.1, 0.15) is 18.1 Å². The molecule has 2 rings (SSSR count). The normalized spacial score (nSPS) is 11.1. The molecule has 0 N–H and O–H groups in total. The van der Waals surface area contributed by atoms with E-state index in [9.17, 15) is 17.6 Å². The Morgan fingerprint density at radius 2 is 1.96 bits per heavy atom. The van der Waals surface area contributed by atoms with E-state index in [-0.39, 0.29) is 22.2 Å². The minimum Gasteiger partial charge on any atom is -0.495 e. The second kappa shape index (κ2) is 8.37. The Hall–Kier alpha value is -2.32. The van der Waals surface area contributed by atoms with E-state index in [1.165, 1.54) is 43.5 Å². The number of hydrogen-bond donors (Lipinski definition) is 0. The van der Waals surface area contributed by atoms with Crippen molar-refractivity contribution in [2.75, 3.05) is 24.6 Å². The molecular weight excluding hydrogens is 385 g/mol. The van der Waals surface area contributed by atoms with E-state index >= 15 is 0 Å². The van der Waals surface area contributed by atoms with Crippen LogP contribution in [0.2, 0.25) is 5.02 Å². The van der Waals surface area contributed by atoms with Crippen LogP contribution in [0.3, 0.4) is 0 Å². The van der Waals surface area contributed by atoms with Gasteiger partial charge in [0.15, 0.2) is 0 Å². The van der Waals surface area contributed by atoms with Crippen LogP contribution in [0.4, 0.5) is 10.1 Å². The number of ether oxygens (including phenoxy) is 2. The number of sulfonamides is 1. The van der Waals surface area contributed by atoms with Gasteiger partial charge in [0.05, 0.1) is 29.3 Å². The minimum atomic E-state index is -4.21. The summed E-state index contributed by atoms with van der Waals surface area (Å²) < 4.78 is 50.3. The zero-order valence-corrected chi connectivity index (χ0v) is 15.7. The first-order valence-electron chi connectivity index (χ1n) is 7.57. The summed E-state index contributed by atoms with van der Waals surface area (Å²) in [7, 11) is -2.81. The lowest BCUT2D eigenvalue weighted by atomic mass is 10.3. The van der Waals surface area contributed by atoms with E-state index in [2.05, 4.69) is 0 Å². The van der Waals surface area contributed by atoms with Gasteiger partial charge in [-0.05, 0) is 43.3 Å². The van der Waals surface area contributed by atoms with Crippen molar-refractivity contribution in [3.05, 3.63) is 53.3 Å². The van der Waals surface area contributed by atoms with E-state index < -0.39 is 28.4 Å². The van der Waals surface area contributed by atoms with Crippen molar-refractivity contribution in [3.8, 4) is 5.75 Å². The number of rotatable bonds is 7. The summed E-state index contributed by atoms with van der Waals surface area (Å²) in [6, 6.07) is 8.79. The molecule has 0 aliphatic heterocycles. The van der Waals surface area contributed by atoms with Gasteiger partial charge < -0.3 is 9.47 Å². The van der Waals surface area contributed by atoms with Gasteiger partial charge in [0.25, 0.3) is 10.0 Å². The van der Waals surface area contributed by atoms with Crippen LogP contribution in [0.5, 0.6) is 5.75 Å². The van der Waals surface area contributed by atoms with Gasteiger partial charge in [0.2, 0.25) is 0 Å². The largest absolute Gasteiger partial charge is 0.495 e. The third kappa shape index (κ3) is 4.44. The first-order chi connectivity index (χ1) is 12.3. The molecule has 2 aromatic carbocycles. The Kier molecular flexibility index (Phi) is 6.44. The third-order valence-electron chi connectivity index (χ3n) is 3.39. The highest BCUT2D eigenvalue weighted by atomic mass is 35.5. The van der Waals surface area contributed by atoms with Gasteiger partial charge in [-0.2, -0.15) is 0 Å². The third-order valence-corrected chi connectivity index (χ3v) is 5.45. The Labute approximate surface area is 156 Å². The van der Waals surface area contributed by atoms with Gasteiger partial charge in [-0.1, -0.05) is 17.7 Å². The molecule has 0 aromatic heterocycles. The maximum absolute atomic E-state index is 13.6. The highest BCUT2D eigenvalue weighted by Gasteiger charge is 2.28. The van der Waals surface area contributed by atoms with Gasteiger partial charge in [-0.25, -0.2) is 12.8 Å². The molecule has 0 fully saturated rings. The summed E-state index contributed by atoms with van der Waals surface area (Å²) >= 11 is 6.01. The summed E-state index contributed by atoms with van der Waals surface area (Å²) in [5.41, 5.74) is -0.00927. The van der Waals surface area contributed by atoms with Crippen LogP contribution in [-0.4, -0.2) is 34.6 Å². The molecule has 0 bridgehead atoms. The minimum absolute atomic E-state index is 0.00927. The first kappa shape index (κ1) is 20.0. The lowest BCUT2D eigenvalue weighted by molar-refractivity contribution is -0.141. The summed E-state index contributed by atoms with van der Waals surface area (Å²) in [5.74, 6) is -1.10. The summed E-state index contributed by atoms with van der Waals surface area (Å²) in [5, 5.41) is 0.0869. The second-order valence-corrected chi connectivity index (χ2v) is 7.36. The number of esters is 1. The zero-order valence-electron chi connectivity index (χ0n) is 14.1. The number of methoxy groups -OCH3 is 1. The molecule has 0 saturated heterocycles. The van der Waals surface area contributed by atoms with Crippen LogP contribution >= 0.6 is 11.6 Å². The molecule has 0 aliphatic carbocycles. The Morgan fingerprint density at radius 1 is 1.23 bits per heavy atom. The molecule has 0 amide bonds. The summed E-state index contributed by atoms with van der Waals surface area (Å²) in [4.78, 5) is 11.7. The number of hydrogen-bond acceptors (Lipinski definition) is 5. The highest BCUT2D eigenvalue weighted by Crippen LogP contribution is 2.30. The van der Waals surface area contributed by atoms with Crippen molar-refractivity contribution in [2.24, 2.45) is 0 Å². The number of nitrogens with zero attached hydrogens (tertiary/aromatic N) is 1. The first-order valence-corrected chi connectivity index (χ1v) is 9.39. The Bertz CT molecular complexity index is 904. The van der Waals surface area contributed by atoms with E-state index in [0.717, 1.165) is 10.4 Å². The van der Waals surface area contributed by atoms with Crippen molar-refractivity contribution in [2.45, 2.75) is 11.8 Å². The number of carbonyl (C=O) groups is 1. The lowest BCUT2D eigenvalue weighted by Crippen LogP contribution is -2.36. The molecule has 0 heterocycles. The second-order valence-electron chi connectivity index (χ2n) is 5.09. The summed E-state index contributed by atoms with van der Waals surface area (Å²) in [6.07, 6.45) is 0. The van der Waals surface area contributed by atoms with Crippen molar-refractivity contribution < 1.29 is 27.1 Å². The fourth-order valence-corrected chi connectivity index (χ4v) is 3.96. The Balaban J connectivity index is 2.52. The topological polar surface area (TPSA) is 72.9 Å². The SMILES string of the molecule is CCOC(=O)CN(c1cccc(F)c1)S(=O)(=O)c1ccc(OC)c(Cl)c1. The van der Waals surface area contributed by atoms with Crippen molar-refractivity contribution in [1.29, 1.82) is 0 Å². The molecule has 6 nitrogen and oxygen atoms in total. The number of halogens is 2. The van der Waals surface area contributed by atoms with Crippen LogP contribution in [-0.2, 0) is 19.6 Å². The van der Waals surface area contributed by atoms with Gasteiger partial charge in [-0.15, -0.1) is 0 Å². The van der Waals surface area contributed by atoms with Crippen molar-refractivity contribution in [3.63, 3.8) is 0 Å². The fourth-order valence-electron chi connectivity index (χ4n) is 2.20.